The number of aryl methyl sites for hydroxylation is 1. The van der Waals surface area contributed by atoms with Gasteiger partial charge in [0.15, 0.2) is 0 Å². The predicted molar refractivity (Wildman–Crippen MR) is 64.7 cm³/mol. The Bertz CT molecular complexity index is 483. The molecule has 0 saturated heterocycles. The zero-order valence-corrected chi connectivity index (χ0v) is 9.49. The SMILES string of the molecule is CN(C)Cc1cn(C)c2c(N)cccc12. The Morgan fingerprint density at radius 1 is 1.33 bits per heavy atom. The van der Waals surface area contributed by atoms with Gasteiger partial charge in [-0.2, -0.15) is 0 Å². The molecule has 0 bridgehead atoms. The number of nitrogen functional groups attached to an aromatic ring is 1. The van der Waals surface area contributed by atoms with Crippen LogP contribution in [0.3, 0.4) is 0 Å². The third-order valence-corrected chi connectivity index (χ3v) is 2.60. The predicted octanol–water partition coefficient (Wildman–Crippen LogP) is 1.82. The molecule has 0 fully saturated rings. The van der Waals surface area contributed by atoms with Crippen molar-refractivity contribution in [2.24, 2.45) is 7.05 Å². The van der Waals surface area contributed by atoms with Crippen molar-refractivity contribution in [2.45, 2.75) is 6.54 Å². The van der Waals surface area contributed by atoms with Crippen molar-refractivity contribution in [3.63, 3.8) is 0 Å². The lowest BCUT2D eigenvalue weighted by Gasteiger charge is -2.07. The quantitative estimate of drug-likeness (QED) is 0.755. The highest BCUT2D eigenvalue weighted by Gasteiger charge is 2.08. The third kappa shape index (κ3) is 1.70. The van der Waals surface area contributed by atoms with E-state index in [-0.39, 0.29) is 0 Å². The van der Waals surface area contributed by atoms with Crippen LogP contribution in [0, 0.1) is 0 Å². The first-order chi connectivity index (χ1) is 7.09. The van der Waals surface area contributed by atoms with E-state index in [1.165, 1.54) is 10.9 Å². The standard InChI is InChI=1S/C12H17N3/c1-14(2)7-9-8-15(3)12-10(9)5-4-6-11(12)13/h4-6,8H,7,13H2,1-3H3. The fourth-order valence-corrected chi connectivity index (χ4v) is 2.05. The first kappa shape index (κ1) is 10.1. The second-order valence-electron chi connectivity index (χ2n) is 4.25. The summed E-state index contributed by atoms with van der Waals surface area (Å²) in [7, 11) is 6.19. The summed E-state index contributed by atoms with van der Waals surface area (Å²) in [6.45, 7) is 0.945. The van der Waals surface area contributed by atoms with Crippen LogP contribution in [0.1, 0.15) is 5.56 Å². The van der Waals surface area contributed by atoms with E-state index in [9.17, 15) is 0 Å². The van der Waals surface area contributed by atoms with Crippen LogP contribution in [0.5, 0.6) is 0 Å². The number of hydrogen-bond donors (Lipinski definition) is 1. The number of fused-ring (bicyclic) bond motifs is 1. The molecule has 0 aliphatic carbocycles. The summed E-state index contributed by atoms with van der Waals surface area (Å²) < 4.78 is 2.10. The Morgan fingerprint density at radius 2 is 2.07 bits per heavy atom. The van der Waals surface area contributed by atoms with Gasteiger partial charge >= 0.3 is 0 Å². The van der Waals surface area contributed by atoms with Gasteiger partial charge in [0.25, 0.3) is 0 Å². The van der Waals surface area contributed by atoms with Crippen LogP contribution >= 0.6 is 0 Å². The van der Waals surface area contributed by atoms with Crippen molar-refractivity contribution in [1.82, 2.24) is 9.47 Å². The van der Waals surface area contributed by atoms with Gasteiger partial charge in [-0.05, 0) is 25.7 Å². The topological polar surface area (TPSA) is 34.2 Å². The van der Waals surface area contributed by atoms with Gasteiger partial charge in [0.05, 0.1) is 11.2 Å². The van der Waals surface area contributed by atoms with E-state index >= 15 is 0 Å². The van der Waals surface area contributed by atoms with Crippen LogP contribution in [0.25, 0.3) is 10.9 Å². The summed E-state index contributed by atoms with van der Waals surface area (Å²) in [6.07, 6.45) is 2.15. The summed E-state index contributed by atoms with van der Waals surface area (Å²) >= 11 is 0. The van der Waals surface area contributed by atoms with Crippen molar-refractivity contribution in [3.8, 4) is 0 Å². The number of nitrogens with two attached hydrogens (primary N) is 1. The highest BCUT2D eigenvalue weighted by Crippen LogP contribution is 2.25. The maximum absolute atomic E-state index is 5.97. The summed E-state index contributed by atoms with van der Waals surface area (Å²) in [4.78, 5) is 2.16. The number of para-hydroxylation sites is 1. The van der Waals surface area contributed by atoms with Gasteiger partial charge in [0.2, 0.25) is 0 Å². The molecule has 2 aromatic rings. The number of rotatable bonds is 2. The molecule has 0 unspecified atom stereocenters. The van der Waals surface area contributed by atoms with E-state index in [0.29, 0.717) is 0 Å². The summed E-state index contributed by atoms with van der Waals surface area (Å²) in [5.74, 6) is 0. The molecular weight excluding hydrogens is 186 g/mol. The average Bonchev–Trinajstić information content (AvgIpc) is 2.44. The fourth-order valence-electron chi connectivity index (χ4n) is 2.05. The summed E-state index contributed by atoms with van der Waals surface area (Å²) in [5.41, 5.74) is 9.27. The van der Waals surface area contributed by atoms with Crippen LogP contribution in [-0.4, -0.2) is 23.6 Å². The molecule has 0 radical (unpaired) electrons. The van der Waals surface area contributed by atoms with E-state index in [1.807, 2.05) is 19.2 Å². The molecule has 1 aromatic heterocycles. The normalized spacial score (nSPS) is 11.5. The Kier molecular flexibility index (Phi) is 2.40. The lowest BCUT2D eigenvalue weighted by atomic mass is 10.1. The second kappa shape index (κ2) is 3.59. The van der Waals surface area contributed by atoms with E-state index in [4.69, 9.17) is 5.73 Å². The Hall–Kier alpha value is -1.48. The van der Waals surface area contributed by atoms with Crippen LogP contribution < -0.4 is 5.73 Å². The van der Waals surface area contributed by atoms with Gasteiger partial charge in [-0.3, -0.25) is 0 Å². The molecule has 0 amide bonds. The average molecular weight is 203 g/mol. The highest BCUT2D eigenvalue weighted by molar-refractivity contribution is 5.93. The van der Waals surface area contributed by atoms with Gasteiger partial charge in [0.1, 0.15) is 0 Å². The molecule has 80 valence electrons. The van der Waals surface area contributed by atoms with E-state index < -0.39 is 0 Å². The lowest BCUT2D eigenvalue weighted by molar-refractivity contribution is 0.404. The van der Waals surface area contributed by atoms with Gasteiger partial charge in [0, 0.05) is 25.2 Å². The molecule has 0 aliphatic rings. The van der Waals surface area contributed by atoms with E-state index in [0.717, 1.165) is 17.7 Å². The molecule has 1 aromatic carbocycles. The van der Waals surface area contributed by atoms with Crippen LogP contribution in [0.4, 0.5) is 5.69 Å². The molecule has 0 aliphatic heterocycles. The van der Waals surface area contributed by atoms with Crippen molar-refractivity contribution in [2.75, 3.05) is 19.8 Å². The van der Waals surface area contributed by atoms with Gasteiger partial charge in [-0.25, -0.2) is 0 Å². The monoisotopic (exact) mass is 203 g/mol. The molecule has 3 heteroatoms. The molecule has 0 spiro atoms. The smallest absolute Gasteiger partial charge is 0.0714 e. The maximum atomic E-state index is 5.97. The van der Waals surface area contributed by atoms with Crippen molar-refractivity contribution in [1.29, 1.82) is 0 Å². The van der Waals surface area contributed by atoms with Gasteiger partial charge in [-0.1, -0.05) is 12.1 Å². The van der Waals surface area contributed by atoms with Crippen LogP contribution in [-0.2, 0) is 13.6 Å². The van der Waals surface area contributed by atoms with Crippen molar-refractivity contribution in [3.05, 3.63) is 30.0 Å². The highest BCUT2D eigenvalue weighted by atomic mass is 15.1. The number of hydrogen-bond acceptors (Lipinski definition) is 2. The number of aromatic nitrogens is 1. The maximum Gasteiger partial charge on any atom is 0.0714 e. The number of anilines is 1. The number of nitrogens with zero attached hydrogens (tertiary/aromatic N) is 2. The molecule has 2 N–H and O–H groups in total. The second-order valence-corrected chi connectivity index (χ2v) is 4.25. The van der Waals surface area contributed by atoms with Gasteiger partial charge < -0.3 is 15.2 Å². The zero-order valence-electron chi connectivity index (χ0n) is 9.49. The third-order valence-electron chi connectivity index (χ3n) is 2.60. The molecule has 3 nitrogen and oxygen atoms in total. The van der Waals surface area contributed by atoms with Gasteiger partial charge in [-0.15, -0.1) is 0 Å². The minimum absolute atomic E-state index is 0.847. The lowest BCUT2D eigenvalue weighted by Crippen LogP contribution is -2.10. The van der Waals surface area contributed by atoms with Crippen molar-refractivity contribution >= 4 is 16.6 Å². The minimum atomic E-state index is 0.847. The van der Waals surface area contributed by atoms with Crippen LogP contribution in [0.2, 0.25) is 0 Å². The Balaban J connectivity index is 2.63. The van der Waals surface area contributed by atoms with E-state index in [2.05, 4.69) is 35.8 Å². The summed E-state index contributed by atoms with van der Waals surface area (Å²) in [6, 6.07) is 6.09. The Morgan fingerprint density at radius 3 is 2.73 bits per heavy atom. The largest absolute Gasteiger partial charge is 0.397 e. The van der Waals surface area contributed by atoms with Crippen LogP contribution in [0.15, 0.2) is 24.4 Å². The first-order valence-corrected chi connectivity index (χ1v) is 5.06. The molecule has 0 saturated carbocycles. The zero-order chi connectivity index (χ0) is 11.0. The summed E-state index contributed by atoms with van der Waals surface area (Å²) in [5, 5.41) is 1.26. The molecular formula is C12H17N3. The fraction of sp³-hybridized carbons (Fsp3) is 0.333. The molecule has 15 heavy (non-hydrogen) atoms. The molecule has 0 atom stereocenters. The first-order valence-electron chi connectivity index (χ1n) is 5.06. The Labute approximate surface area is 90.1 Å². The van der Waals surface area contributed by atoms with E-state index in [1.54, 1.807) is 0 Å². The minimum Gasteiger partial charge on any atom is -0.397 e. The molecule has 1 heterocycles. The van der Waals surface area contributed by atoms with Crippen molar-refractivity contribution < 1.29 is 0 Å². The number of benzene rings is 1. The molecule has 2 rings (SSSR count).